The predicted octanol–water partition coefficient (Wildman–Crippen LogP) is 1.31. The quantitative estimate of drug-likeness (QED) is 0.679. The van der Waals surface area contributed by atoms with Gasteiger partial charge in [-0.05, 0) is 6.42 Å². The third-order valence-corrected chi connectivity index (χ3v) is 2.16. The van der Waals surface area contributed by atoms with Gasteiger partial charge in [-0.3, -0.25) is 0 Å². The van der Waals surface area contributed by atoms with Crippen molar-refractivity contribution in [3.8, 4) is 0 Å². The zero-order chi connectivity index (χ0) is 9.52. The molecule has 0 unspecified atom stereocenters. The number of unbranched alkanes of at least 4 members (excludes halogenated alkanes) is 1. The number of hydrogen-bond donors (Lipinski definition) is 1. The summed E-state index contributed by atoms with van der Waals surface area (Å²) in [6, 6.07) is 6.19. The Bertz CT molecular complexity index is 248. The Labute approximate surface area is 79.8 Å². The van der Waals surface area contributed by atoms with Gasteiger partial charge >= 0.3 is 0 Å². The van der Waals surface area contributed by atoms with Gasteiger partial charge < -0.3 is 5.11 Å². The molecule has 0 aliphatic carbocycles. The van der Waals surface area contributed by atoms with Gasteiger partial charge in [-0.15, -0.1) is 0 Å². The maximum atomic E-state index is 8.85. The first-order chi connectivity index (χ1) is 6.38. The highest BCUT2D eigenvalue weighted by molar-refractivity contribution is 4.97. The van der Waals surface area contributed by atoms with Crippen LogP contribution in [0.4, 0.5) is 0 Å². The van der Waals surface area contributed by atoms with Crippen LogP contribution in [0.1, 0.15) is 25.5 Å². The molecule has 1 N–H and O–H groups in total. The van der Waals surface area contributed by atoms with Crippen LogP contribution in [-0.2, 0) is 13.0 Å². The van der Waals surface area contributed by atoms with E-state index in [1.807, 2.05) is 12.3 Å². The van der Waals surface area contributed by atoms with Crippen molar-refractivity contribution in [2.45, 2.75) is 32.7 Å². The van der Waals surface area contributed by atoms with Crippen molar-refractivity contribution in [1.29, 1.82) is 0 Å². The van der Waals surface area contributed by atoms with E-state index in [0.29, 0.717) is 6.54 Å². The maximum absolute atomic E-state index is 8.85. The fraction of sp³-hybridized carbons (Fsp3) is 0.545. The smallest absolute Gasteiger partial charge is 0.181 e. The molecule has 0 bridgehead atoms. The number of rotatable bonds is 5. The number of aliphatic hydroxyl groups excluding tert-OH is 1. The van der Waals surface area contributed by atoms with Crippen LogP contribution in [0.15, 0.2) is 24.4 Å². The van der Waals surface area contributed by atoms with Crippen LogP contribution >= 0.6 is 0 Å². The second-order valence-corrected chi connectivity index (χ2v) is 3.21. The van der Waals surface area contributed by atoms with Gasteiger partial charge in [0.2, 0.25) is 0 Å². The normalized spacial score (nSPS) is 10.3. The number of aryl methyl sites for hydroxylation is 1. The zero-order valence-electron chi connectivity index (χ0n) is 8.24. The molecule has 2 heteroatoms. The summed E-state index contributed by atoms with van der Waals surface area (Å²) in [6.45, 7) is 3.12. The molecule has 1 heterocycles. The Kier molecular flexibility index (Phi) is 4.47. The van der Waals surface area contributed by atoms with Gasteiger partial charge in [0.1, 0.15) is 6.61 Å². The molecule has 0 saturated carbocycles. The lowest BCUT2D eigenvalue weighted by molar-refractivity contribution is -0.705. The van der Waals surface area contributed by atoms with Gasteiger partial charge in [0, 0.05) is 18.6 Å². The summed E-state index contributed by atoms with van der Waals surface area (Å²) in [5.41, 5.74) is 1.32. The Balaban J connectivity index is 2.66. The van der Waals surface area contributed by atoms with Crippen LogP contribution in [0, 0.1) is 0 Å². The van der Waals surface area contributed by atoms with Crippen molar-refractivity contribution >= 4 is 0 Å². The molecular weight excluding hydrogens is 162 g/mol. The van der Waals surface area contributed by atoms with E-state index >= 15 is 0 Å². The average Bonchev–Trinajstić information content (AvgIpc) is 2.17. The molecule has 0 radical (unpaired) electrons. The van der Waals surface area contributed by atoms with E-state index in [0.717, 1.165) is 6.42 Å². The lowest BCUT2D eigenvalue weighted by atomic mass is 10.2. The number of aliphatic hydroxyl groups is 1. The van der Waals surface area contributed by atoms with Crippen molar-refractivity contribution < 1.29 is 9.67 Å². The minimum absolute atomic E-state index is 0.216. The monoisotopic (exact) mass is 180 g/mol. The highest BCUT2D eigenvalue weighted by Gasteiger charge is 2.06. The van der Waals surface area contributed by atoms with E-state index in [2.05, 4.69) is 23.6 Å². The maximum Gasteiger partial charge on any atom is 0.181 e. The molecule has 0 spiro atoms. The summed E-state index contributed by atoms with van der Waals surface area (Å²) in [5.74, 6) is 0. The lowest BCUT2D eigenvalue weighted by Gasteiger charge is -2.00. The highest BCUT2D eigenvalue weighted by Crippen LogP contribution is 1.98. The molecule has 1 aromatic heterocycles. The molecule has 0 atom stereocenters. The SMILES string of the molecule is CCCCc1cccc[n+]1CCO. The van der Waals surface area contributed by atoms with Gasteiger partial charge in [0.15, 0.2) is 18.4 Å². The van der Waals surface area contributed by atoms with Gasteiger partial charge in [-0.2, -0.15) is 0 Å². The Morgan fingerprint density at radius 1 is 1.38 bits per heavy atom. The van der Waals surface area contributed by atoms with Gasteiger partial charge in [-0.1, -0.05) is 19.4 Å². The molecule has 0 aliphatic rings. The van der Waals surface area contributed by atoms with Crippen LogP contribution in [0.2, 0.25) is 0 Å². The van der Waals surface area contributed by atoms with Crippen LogP contribution in [-0.4, -0.2) is 11.7 Å². The summed E-state index contributed by atoms with van der Waals surface area (Å²) < 4.78 is 2.12. The molecule has 1 rings (SSSR count). The molecule has 0 fully saturated rings. The molecule has 0 aliphatic heterocycles. The van der Waals surface area contributed by atoms with E-state index in [-0.39, 0.29) is 6.61 Å². The minimum Gasteiger partial charge on any atom is -0.390 e. The molecule has 13 heavy (non-hydrogen) atoms. The molecule has 0 saturated heterocycles. The van der Waals surface area contributed by atoms with E-state index < -0.39 is 0 Å². The molecule has 1 aromatic rings. The minimum atomic E-state index is 0.216. The van der Waals surface area contributed by atoms with Crippen molar-refractivity contribution in [1.82, 2.24) is 0 Å². The largest absolute Gasteiger partial charge is 0.390 e. The van der Waals surface area contributed by atoms with E-state index in [1.54, 1.807) is 0 Å². The third kappa shape index (κ3) is 3.15. The highest BCUT2D eigenvalue weighted by atomic mass is 16.3. The average molecular weight is 180 g/mol. The second-order valence-electron chi connectivity index (χ2n) is 3.21. The van der Waals surface area contributed by atoms with Crippen molar-refractivity contribution in [2.24, 2.45) is 0 Å². The van der Waals surface area contributed by atoms with Crippen molar-refractivity contribution in [2.75, 3.05) is 6.61 Å². The number of pyridine rings is 1. The predicted molar refractivity (Wildman–Crippen MR) is 52.3 cm³/mol. The van der Waals surface area contributed by atoms with Gasteiger partial charge in [-0.25, -0.2) is 4.57 Å². The first kappa shape index (κ1) is 10.2. The summed E-state index contributed by atoms with van der Waals surface area (Å²) in [5, 5.41) is 8.85. The Morgan fingerprint density at radius 2 is 2.23 bits per heavy atom. The second kappa shape index (κ2) is 5.70. The van der Waals surface area contributed by atoms with Gasteiger partial charge in [0.25, 0.3) is 0 Å². The number of aromatic nitrogens is 1. The fourth-order valence-electron chi connectivity index (χ4n) is 1.42. The van der Waals surface area contributed by atoms with Crippen molar-refractivity contribution in [3.63, 3.8) is 0 Å². The molecule has 2 nitrogen and oxygen atoms in total. The van der Waals surface area contributed by atoms with E-state index in [1.165, 1.54) is 18.5 Å². The summed E-state index contributed by atoms with van der Waals surface area (Å²) >= 11 is 0. The molecule has 0 amide bonds. The molecule has 72 valence electrons. The molecular formula is C11H18NO+. The van der Waals surface area contributed by atoms with Crippen LogP contribution in [0.25, 0.3) is 0 Å². The van der Waals surface area contributed by atoms with Crippen molar-refractivity contribution in [3.05, 3.63) is 30.1 Å². The van der Waals surface area contributed by atoms with Crippen LogP contribution in [0.5, 0.6) is 0 Å². The zero-order valence-corrected chi connectivity index (χ0v) is 8.24. The fourth-order valence-corrected chi connectivity index (χ4v) is 1.42. The summed E-state index contributed by atoms with van der Waals surface area (Å²) in [4.78, 5) is 0. The first-order valence-corrected chi connectivity index (χ1v) is 4.96. The van der Waals surface area contributed by atoms with E-state index in [9.17, 15) is 0 Å². The standard InChI is InChI=1S/C11H18NO/c1-2-3-6-11-7-4-5-8-12(11)9-10-13/h4-5,7-8,13H,2-3,6,9-10H2,1H3/q+1. The number of nitrogens with zero attached hydrogens (tertiary/aromatic N) is 1. The first-order valence-electron chi connectivity index (χ1n) is 4.96. The third-order valence-electron chi connectivity index (χ3n) is 2.16. The van der Waals surface area contributed by atoms with E-state index in [4.69, 9.17) is 5.11 Å². The van der Waals surface area contributed by atoms with Gasteiger partial charge in [0.05, 0.1) is 0 Å². The summed E-state index contributed by atoms with van der Waals surface area (Å²) in [6.07, 6.45) is 5.57. The lowest BCUT2D eigenvalue weighted by Crippen LogP contribution is -2.39. The molecule has 0 aromatic carbocycles. The van der Waals surface area contributed by atoms with Crippen LogP contribution in [0.3, 0.4) is 0 Å². The van der Waals surface area contributed by atoms with Crippen LogP contribution < -0.4 is 4.57 Å². The topological polar surface area (TPSA) is 24.1 Å². The Morgan fingerprint density at radius 3 is 2.92 bits per heavy atom. The Hall–Kier alpha value is -0.890. The summed E-state index contributed by atoms with van der Waals surface area (Å²) in [7, 11) is 0. The number of hydrogen-bond acceptors (Lipinski definition) is 1.